The Balaban J connectivity index is 2.82. The van der Waals surface area contributed by atoms with E-state index in [2.05, 4.69) is 0 Å². The average molecular weight is 155 g/mol. The summed E-state index contributed by atoms with van der Waals surface area (Å²) in [5.41, 5.74) is 7.36. The number of primary amides is 1. The van der Waals surface area contributed by atoms with Crippen molar-refractivity contribution in [3.63, 3.8) is 0 Å². The SMILES string of the molecule is CC1=C(C)C(C(N)=O)COC1. The minimum Gasteiger partial charge on any atom is -0.376 e. The normalized spacial score (nSPS) is 25.5. The Labute approximate surface area is 66.2 Å². The highest BCUT2D eigenvalue weighted by Crippen LogP contribution is 2.20. The van der Waals surface area contributed by atoms with Gasteiger partial charge >= 0.3 is 0 Å². The molecule has 0 saturated heterocycles. The molecule has 0 spiro atoms. The zero-order chi connectivity index (χ0) is 8.43. The lowest BCUT2D eigenvalue weighted by molar-refractivity contribution is -0.122. The summed E-state index contributed by atoms with van der Waals surface area (Å²) in [5.74, 6) is -0.495. The van der Waals surface area contributed by atoms with Gasteiger partial charge in [-0.15, -0.1) is 0 Å². The van der Waals surface area contributed by atoms with Crippen molar-refractivity contribution < 1.29 is 9.53 Å². The maximum atomic E-state index is 10.8. The van der Waals surface area contributed by atoms with Crippen molar-refractivity contribution in [3.8, 4) is 0 Å². The highest BCUT2D eigenvalue weighted by atomic mass is 16.5. The summed E-state index contributed by atoms with van der Waals surface area (Å²) in [6.45, 7) is 4.98. The van der Waals surface area contributed by atoms with E-state index in [-0.39, 0.29) is 11.8 Å². The van der Waals surface area contributed by atoms with Crippen molar-refractivity contribution in [2.75, 3.05) is 13.2 Å². The molecule has 0 aromatic carbocycles. The molecule has 0 bridgehead atoms. The van der Waals surface area contributed by atoms with E-state index in [0.29, 0.717) is 13.2 Å². The average Bonchev–Trinajstić information content (AvgIpc) is 1.94. The minimum atomic E-state index is -0.290. The van der Waals surface area contributed by atoms with Crippen LogP contribution in [0.3, 0.4) is 0 Å². The monoisotopic (exact) mass is 155 g/mol. The molecule has 1 rings (SSSR count). The zero-order valence-electron chi connectivity index (χ0n) is 6.89. The van der Waals surface area contributed by atoms with Gasteiger partial charge in [0.15, 0.2) is 0 Å². The molecule has 11 heavy (non-hydrogen) atoms. The number of rotatable bonds is 1. The van der Waals surface area contributed by atoms with E-state index in [1.165, 1.54) is 0 Å². The third-order valence-corrected chi connectivity index (χ3v) is 2.14. The molecular formula is C8H13NO2. The van der Waals surface area contributed by atoms with Crippen LogP contribution in [0.15, 0.2) is 11.1 Å². The van der Waals surface area contributed by atoms with Gasteiger partial charge in [-0.05, 0) is 19.4 Å². The Hall–Kier alpha value is -0.830. The summed E-state index contributed by atoms with van der Waals surface area (Å²) in [7, 11) is 0. The van der Waals surface area contributed by atoms with Gasteiger partial charge in [-0.2, -0.15) is 0 Å². The van der Waals surface area contributed by atoms with Gasteiger partial charge in [-0.1, -0.05) is 5.57 Å². The van der Waals surface area contributed by atoms with Gasteiger partial charge in [0.1, 0.15) is 0 Å². The molecule has 1 aliphatic heterocycles. The van der Waals surface area contributed by atoms with Gasteiger partial charge in [-0.3, -0.25) is 4.79 Å². The maximum Gasteiger partial charge on any atom is 0.226 e. The quantitative estimate of drug-likeness (QED) is 0.559. The molecule has 3 heteroatoms. The molecule has 1 unspecified atom stereocenters. The molecule has 0 radical (unpaired) electrons. The Bertz CT molecular complexity index is 208. The van der Waals surface area contributed by atoms with Crippen LogP contribution >= 0.6 is 0 Å². The van der Waals surface area contributed by atoms with E-state index in [1.54, 1.807) is 0 Å². The molecule has 1 atom stereocenters. The standard InChI is InChI=1S/C8H13NO2/c1-5-3-11-4-7(6(5)2)8(9)10/h7H,3-4H2,1-2H3,(H2,9,10). The number of carbonyl (C=O) groups excluding carboxylic acids is 1. The van der Waals surface area contributed by atoms with Gasteiger partial charge in [0.2, 0.25) is 5.91 Å². The van der Waals surface area contributed by atoms with Gasteiger partial charge in [-0.25, -0.2) is 0 Å². The highest BCUT2D eigenvalue weighted by molar-refractivity contribution is 5.80. The van der Waals surface area contributed by atoms with Gasteiger partial charge in [0.25, 0.3) is 0 Å². The first-order valence-electron chi connectivity index (χ1n) is 3.66. The predicted octanol–water partition coefficient (Wildman–Crippen LogP) is 0.455. The number of nitrogens with two attached hydrogens (primary N) is 1. The van der Waals surface area contributed by atoms with Crippen LogP contribution in [0.4, 0.5) is 0 Å². The maximum absolute atomic E-state index is 10.8. The van der Waals surface area contributed by atoms with Crippen LogP contribution in [0.25, 0.3) is 0 Å². The second-order valence-corrected chi connectivity index (χ2v) is 2.93. The molecule has 1 heterocycles. The van der Waals surface area contributed by atoms with E-state index in [4.69, 9.17) is 10.5 Å². The number of ether oxygens (including phenoxy) is 1. The van der Waals surface area contributed by atoms with Gasteiger partial charge in [0, 0.05) is 0 Å². The van der Waals surface area contributed by atoms with E-state index >= 15 is 0 Å². The number of carbonyl (C=O) groups is 1. The molecule has 0 aromatic rings. The molecular weight excluding hydrogens is 142 g/mol. The third kappa shape index (κ3) is 1.60. The van der Waals surface area contributed by atoms with Crippen molar-refractivity contribution in [3.05, 3.63) is 11.1 Å². The van der Waals surface area contributed by atoms with Crippen LogP contribution in [0, 0.1) is 5.92 Å². The summed E-state index contributed by atoms with van der Waals surface area (Å²) in [6.07, 6.45) is 0. The van der Waals surface area contributed by atoms with Crippen LogP contribution in [-0.2, 0) is 9.53 Å². The van der Waals surface area contributed by atoms with E-state index in [9.17, 15) is 4.79 Å². The van der Waals surface area contributed by atoms with Gasteiger partial charge in [0.05, 0.1) is 19.1 Å². The molecule has 1 amide bonds. The van der Waals surface area contributed by atoms with E-state index < -0.39 is 0 Å². The molecule has 1 aliphatic rings. The van der Waals surface area contributed by atoms with Crippen LogP contribution in [-0.4, -0.2) is 19.1 Å². The molecule has 0 aliphatic carbocycles. The Morgan fingerprint density at radius 3 is 2.73 bits per heavy atom. The predicted molar refractivity (Wildman–Crippen MR) is 41.9 cm³/mol. The van der Waals surface area contributed by atoms with Crippen LogP contribution in [0.1, 0.15) is 13.8 Å². The van der Waals surface area contributed by atoms with E-state index in [0.717, 1.165) is 11.1 Å². The number of hydrogen-bond acceptors (Lipinski definition) is 2. The van der Waals surface area contributed by atoms with Crippen molar-refractivity contribution >= 4 is 5.91 Å². The number of hydrogen-bond donors (Lipinski definition) is 1. The lowest BCUT2D eigenvalue weighted by atomic mass is 9.95. The van der Waals surface area contributed by atoms with Crippen molar-refractivity contribution in [2.24, 2.45) is 11.7 Å². The summed E-state index contributed by atoms with van der Waals surface area (Å²) >= 11 is 0. The third-order valence-electron chi connectivity index (χ3n) is 2.14. The van der Waals surface area contributed by atoms with E-state index in [1.807, 2.05) is 13.8 Å². The molecule has 2 N–H and O–H groups in total. The molecule has 0 fully saturated rings. The topological polar surface area (TPSA) is 52.3 Å². The largest absolute Gasteiger partial charge is 0.376 e. The lowest BCUT2D eigenvalue weighted by Crippen LogP contribution is -2.32. The first-order chi connectivity index (χ1) is 5.13. The molecule has 62 valence electrons. The fourth-order valence-corrected chi connectivity index (χ4v) is 1.16. The fraction of sp³-hybridized carbons (Fsp3) is 0.625. The number of amides is 1. The Morgan fingerprint density at radius 1 is 1.64 bits per heavy atom. The zero-order valence-corrected chi connectivity index (χ0v) is 6.89. The van der Waals surface area contributed by atoms with Crippen LogP contribution < -0.4 is 5.73 Å². The van der Waals surface area contributed by atoms with Crippen molar-refractivity contribution in [1.29, 1.82) is 0 Å². The minimum absolute atomic E-state index is 0.205. The Kier molecular flexibility index (Phi) is 2.29. The fourth-order valence-electron chi connectivity index (χ4n) is 1.16. The summed E-state index contributed by atoms with van der Waals surface area (Å²) < 4.78 is 5.17. The molecule has 0 saturated carbocycles. The van der Waals surface area contributed by atoms with Crippen LogP contribution in [0.5, 0.6) is 0 Å². The second kappa shape index (κ2) is 3.05. The van der Waals surface area contributed by atoms with Crippen molar-refractivity contribution in [1.82, 2.24) is 0 Å². The smallest absolute Gasteiger partial charge is 0.226 e. The van der Waals surface area contributed by atoms with Crippen LogP contribution in [0.2, 0.25) is 0 Å². The highest BCUT2D eigenvalue weighted by Gasteiger charge is 2.22. The first kappa shape index (κ1) is 8.27. The first-order valence-corrected chi connectivity index (χ1v) is 3.66. The van der Waals surface area contributed by atoms with Gasteiger partial charge < -0.3 is 10.5 Å². The van der Waals surface area contributed by atoms with Crippen molar-refractivity contribution in [2.45, 2.75) is 13.8 Å². The lowest BCUT2D eigenvalue weighted by Gasteiger charge is -2.22. The second-order valence-electron chi connectivity index (χ2n) is 2.93. The molecule has 3 nitrogen and oxygen atoms in total. The summed E-state index contributed by atoms with van der Waals surface area (Å²) in [5, 5.41) is 0. The molecule has 0 aromatic heterocycles. The Morgan fingerprint density at radius 2 is 2.27 bits per heavy atom. The summed E-state index contributed by atoms with van der Waals surface area (Å²) in [6, 6.07) is 0. The summed E-state index contributed by atoms with van der Waals surface area (Å²) in [4.78, 5) is 10.8.